The summed E-state index contributed by atoms with van der Waals surface area (Å²) >= 11 is 0. The fraction of sp³-hybridized carbons (Fsp3) is 0.462. The Hall–Kier alpha value is -1.40. The zero-order valence-corrected chi connectivity index (χ0v) is 11.6. The molecule has 0 saturated carbocycles. The van der Waals surface area contributed by atoms with E-state index >= 15 is 0 Å². The van der Waals surface area contributed by atoms with Crippen LogP contribution in [0.4, 0.5) is 0 Å². The van der Waals surface area contributed by atoms with Crippen molar-refractivity contribution >= 4 is 16.0 Å². The molecule has 1 saturated heterocycles. The van der Waals surface area contributed by atoms with Gasteiger partial charge in [0.1, 0.15) is 0 Å². The Balaban J connectivity index is 2.15. The third-order valence-electron chi connectivity index (χ3n) is 3.20. The molecular formula is C13H17NO4S. The van der Waals surface area contributed by atoms with Crippen LogP contribution in [-0.4, -0.2) is 38.9 Å². The maximum absolute atomic E-state index is 12.3. The lowest BCUT2D eigenvalue weighted by molar-refractivity contribution is -0.139. The van der Waals surface area contributed by atoms with Gasteiger partial charge in [-0.25, -0.2) is 8.42 Å². The highest BCUT2D eigenvalue weighted by Gasteiger charge is 2.26. The number of hydrogen-bond donors (Lipinski definition) is 0. The second-order valence-corrected chi connectivity index (χ2v) is 6.45. The number of carbonyl (C=O) groups excluding carboxylic acids is 1. The van der Waals surface area contributed by atoms with Crippen molar-refractivity contribution in [1.29, 1.82) is 0 Å². The molecule has 0 spiro atoms. The normalized spacial score (nSPS) is 16.5. The zero-order valence-electron chi connectivity index (χ0n) is 10.8. The van der Waals surface area contributed by atoms with E-state index in [1.54, 1.807) is 24.3 Å². The van der Waals surface area contributed by atoms with Crippen molar-refractivity contribution in [3.63, 3.8) is 0 Å². The van der Waals surface area contributed by atoms with Crippen LogP contribution in [0, 0.1) is 0 Å². The van der Waals surface area contributed by atoms with Gasteiger partial charge in [0.2, 0.25) is 10.0 Å². The van der Waals surface area contributed by atoms with Crippen LogP contribution in [0.25, 0.3) is 0 Å². The molecule has 1 aromatic rings. The van der Waals surface area contributed by atoms with E-state index in [1.165, 1.54) is 11.4 Å². The maximum Gasteiger partial charge on any atom is 0.309 e. The number of rotatable bonds is 4. The summed E-state index contributed by atoms with van der Waals surface area (Å²) in [7, 11) is -2.04. The molecule has 5 nitrogen and oxygen atoms in total. The number of hydrogen-bond acceptors (Lipinski definition) is 4. The first-order chi connectivity index (χ1) is 9.04. The minimum Gasteiger partial charge on any atom is -0.469 e. The SMILES string of the molecule is COC(=O)Cc1ccc(S(=O)(=O)N2CCCC2)cc1. The molecule has 104 valence electrons. The summed E-state index contributed by atoms with van der Waals surface area (Å²) < 4.78 is 30.6. The van der Waals surface area contributed by atoms with Gasteiger partial charge in [-0.2, -0.15) is 4.31 Å². The third kappa shape index (κ3) is 3.13. The summed E-state index contributed by atoms with van der Waals surface area (Å²) in [6, 6.07) is 6.40. The lowest BCUT2D eigenvalue weighted by atomic mass is 10.2. The Morgan fingerprint density at radius 2 is 1.79 bits per heavy atom. The monoisotopic (exact) mass is 283 g/mol. The highest BCUT2D eigenvalue weighted by molar-refractivity contribution is 7.89. The molecule has 0 radical (unpaired) electrons. The van der Waals surface area contributed by atoms with Gasteiger partial charge in [-0.15, -0.1) is 0 Å². The lowest BCUT2D eigenvalue weighted by Crippen LogP contribution is -2.27. The Morgan fingerprint density at radius 3 is 2.32 bits per heavy atom. The summed E-state index contributed by atoms with van der Waals surface area (Å²) in [6.07, 6.45) is 1.99. The average molecular weight is 283 g/mol. The largest absolute Gasteiger partial charge is 0.469 e. The van der Waals surface area contributed by atoms with E-state index in [-0.39, 0.29) is 17.3 Å². The van der Waals surface area contributed by atoms with Gasteiger partial charge in [-0.1, -0.05) is 12.1 Å². The van der Waals surface area contributed by atoms with Gasteiger partial charge in [0, 0.05) is 13.1 Å². The molecule has 0 unspecified atom stereocenters. The molecule has 19 heavy (non-hydrogen) atoms. The molecule has 2 rings (SSSR count). The molecule has 1 aliphatic rings. The molecule has 0 atom stereocenters. The maximum atomic E-state index is 12.3. The molecule has 1 fully saturated rings. The van der Waals surface area contributed by atoms with Crippen LogP contribution >= 0.6 is 0 Å². The third-order valence-corrected chi connectivity index (χ3v) is 5.12. The number of methoxy groups -OCH3 is 1. The first-order valence-electron chi connectivity index (χ1n) is 6.20. The van der Waals surface area contributed by atoms with E-state index in [0.29, 0.717) is 13.1 Å². The van der Waals surface area contributed by atoms with Crippen molar-refractivity contribution in [3.05, 3.63) is 29.8 Å². The van der Waals surface area contributed by atoms with E-state index < -0.39 is 10.0 Å². The Bertz CT molecular complexity index is 545. The van der Waals surface area contributed by atoms with Gasteiger partial charge >= 0.3 is 5.97 Å². The van der Waals surface area contributed by atoms with Crippen molar-refractivity contribution in [3.8, 4) is 0 Å². The summed E-state index contributed by atoms with van der Waals surface area (Å²) in [5, 5.41) is 0. The van der Waals surface area contributed by atoms with Gasteiger partial charge < -0.3 is 4.74 Å². The predicted molar refractivity (Wildman–Crippen MR) is 70.2 cm³/mol. The summed E-state index contributed by atoms with van der Waals surface area (Å²) in [5.41, 5.74) is 0.743. The smallest absolute Gasteiger partial charge is 0.309 e. The highest BCUT2D eigenvalue weighted by atomic mass is 32.2. The van der Waals surface area contributed by atoms with Crippen LogP contribution in [-0.2, 0) is 26.0 Å². The molecule has 0 bridgehead atoms. The Labute approximate surface area is 113 Å². The molecule has 0 aliphatic carbocycles. The predicted octanol–water partition coefficient (Wildman–Crippen LogP) is 1.19. The second-order valence-electron chi connectivity index (χ2n) is 4.51. The van der Waals surface area contributed by atoms with Gasteiger partial charge in [-0.3, -0.25) is 4.79 Å². The molecule has 0 N–H and O–H groups in total. The summed E-state index contributed by atoms with van der Waals surface area (Å²) in [6.45, 7) is 1.18. The quantitative estimate of drug-likeness (QED) is 0.779. The van der Waals surface area contributed by atoms with Crippen molar-refractivity contribution in [2.45, 2.75) is 24.2 Å². The van der Waals surface area contributed by atoms with Crippen molar-refractivity contribution in [2.75, 3.05) is 20.2 Å². The van der Waals surface area contributed by atoms with E-state index in [4.69, 9.17) is 0 Å². The van der Waals surface area contributed by atoms with Crippen LogP contribution in [0.1, 0.15) is 18.4 Å². The molecule has 0 aromatic heterocycles. The van der Waals surface area contributed by atoms with E-state index in [9.17, 15) is 13.2 Å². The number of sulfonamides is 1. The van der Waals surface area contributed by atoms with Crippen LogP contribution in [0.15, 0.2) is 29.2 Å². The first kappa shape index (κ1) is 14.0. The van der Waals surface area contributed by atoms with Crippen molar-refractivity contribution in [2.24, 2.45) is 0 Å². The fourth-order valence-corrected chi connectivity index (χ4v) is 3.61. The van der Waals surface area contributed by atoms with Gasteiger partial charge in [0.05, 0.1) is 18.4 Å². The van der Waals surface area contributed by atoms with E-state index in [0.717, 1.165) is 18.4 Å². The van der Waals surface area contributed by atoms with Crippen molar-refractivity contribution in [1.82, 2.24) is 4.31 Å². The number of benzene rings is 1. The molecular weight excluding hydrogens is 266 g/mol. The number of ether oxygens (including phenoxy) is 1. The minimum atomic E-state index is -3.37. The molecule has 6 heteroatoms. The van der Waals surface area contributed by atoms with Gasteiger partial charge in [0.25, 0.3) is 0 Å². The Kier molecular flexibility index (Phi) is 4.21. The summed E-state index contributed by atoms with van der Waals surface area (Å²) in [4.78, 5) is 11.4. The van der Waals surface area contributed by atoms with Crippen molar-refractivity contribution < 1.29 is 17.9 Å². The van der Waals surface area contributed by atoms with Gasteiger partial charge in [-0.05, 0) is 30.5 Å². The minimum absolute atomic E-state index is 0.153. The lowest BCUT2D eigenvalue weighted by Gasteiger charge is -2.15. The van der Waals surface area contributed by atoms with E-state index in [1.807, 2.05) is 0 Å². The molecule has 1 aliphatic heterocycles. The zero-order chi connectivity index (χ0) is 13.9. The van der Waals surface area contributed by atoms with Crippen LogP contribution in [0.2, 0.25) is 0 Å². The fourth-order valence-electron chi connectivity index (χ4n) is 2.10. The van der Waals surface area contributed by atoms with Crippen LogP contribution in [0.5, 0.6) is 0 Å². The Morgan fingerprint density at radius 1 is 1.21 bits per heavy atom. The highest BCUT2D eigenvalue weighted by Crippen LogP contribution is 2.21. The summed E-state index contributed by atoms with van der Waals surface area (Å²) in [5.74, 6) is -0.338. The van der Waals surface area contributed by atoms with E-state index in [2.05, 4.69) is 4.74 Å². The molecule has 1 aromatic carbocycles. The first-order valence-corrected chi connectivity index (χ1v) is 7.64. The standard InChI is InChI=1S/C13H17NO4S/c1-18-13(15)10-11-4-6-12(7-5-11)19(16,17)14-8-2-3-9-14/h4-7H,2-3,8-10H2,1H3. The molecule has 1 heterocycles. The number of esters is 1. The molecule has 0 amide bonds. The van der Waals surface area contributed by atoms with Gasteiger partial charge in [0.15, 0.2) is 0 Å². The number of nitrogens with zero attached hydrogens (tertiary/aromatic N) is 1. The van der Waals surface area contributed by atoms with Crippen LogP contribution < -0.4 is 0 Å². The second kappa shape index (κ2) is 5.71. The average Bonchev–Trinajstić information content (AvgIpc) is 2.94. The number of carbonyl (C=O) groups is 1. The van der Waals surface area contributed by atoms with Crippen LogP contribution in [0.3, 0.4) is 0 Å². The topological polar surface area (TPSA) is 63.7 Å².